The van der Waals surface area contributed by atoms with E-state index in [-0.39, 0.29) is 12.2 Å². The van der Waals surface area contributed by atoms with Crippen molar-refractivity contribution < 1.29 is 9.84 Å². The maximum Gasteiger partial charge on any atom is 0.0796 e. The predicted octanol–water partition coefficient (Wildman–Crippen LogP) is 2.54. The first-order valence-electron chi connectivity index (χ1n) is 5.04. The smallest absolute Gasteiger partial charge is 0.0796 e. The van der Waals surface area contributed by atoms with Crippen LogP contribution in [-0.2, 0) is 4.74 Å². The van der Waals surface area contributed by atoms with Gasteiger partial charge in [0.1, 0.15) is 0 Å². The molecule has 0 saturated heterocycles. The number of rotatable bonds is 5. The molecule has 1 aromatic rings. The molecule has 0 radical (unpaired) electrons. The van der Waals surface area contributed by atoms with Gasteiger partial charge in [-0.05, 0) is 25.8 Å². The van der Waals surface area contributed by atoms with Crippen molar-refractivity contribution in [3.8, 4) is 0 Å². The average Bonchev–Trinajstić information content (AvgIpc) is 2.18. The Balaban J connectivity index is 2.32. The van der Waals surface area contributed by atoms with E-state index >= 15 is 0 Å². The highest BCUT2D eigenvalue weighted by atomic mass is 16.5. The molecule has 1 rings (SSSR count). The van der Waals surface area contributed by atoms with Crippen LogP contribution in [0.25, 0.3) is 0 Å². The molecule has 2 heteroatoms. The highest BCUT2D eigenvalue weighted by molar-refractivity contribution is 5.16. The monoisotopic (exact) mass is 194 g/mol. The van der Waals surface area contributed by atoms with Gasteiger partial charge in [0.05, 0.1) is 12.2 Å². The van der Waals surface area contributed by atoms with Crippen LogP contribution in [0, 0.1) is 0 Å². The van der Waals surface area contributed by atoms with Crippen molar-refractivity contribution in [2.75, 3.05) is 6.61 Å². The summed E-state index contributed by atoms with van der Waals surface area (Å²) >= 11 is 0. The Morgan fingerprint density at radius 3 is 2.43 bits per heavy atom. The summed E-state index contributed by atoms with van der Waals surface area (Å²) in [5, 5.41) is 9.06. The SMILES string of the molecule is CC(O)CCOC(C)c1ccccc1. The minimum atomic E-state index is -0.280. The number of hydrogen-bond donors (Lipinski definition) is 1. The fraction of sp³-hybridized carbons (Fsp3) is 0.500. The second-order valence-electron chi connectivity index (χ2n) is 3.56. The van der Waals surface area contributed by atoms with Crippen LogP contribution in [0.1, 0.15) is 31.9 Å². The molecular weight excluding hydrogens is 176 g/mol. The zero-order chi connectivity index (χ0) is 10.4. The van der Waals surface area contributed by atoms with Crippen molar-refractivity contribution in [2.45, 2.75) is 32.5 Å². The van der Waals surface area contributed by atoms with Gasteiger partial charge in [0.15, 0.2) is 0 Å². The van der Waals surface area contributed by atoms with Gasteiger partial charge in [0, 0.05) is 6.61 Å². The summed E-state index contributed by atoms with van der Waals surface area (Å²) in [6.07, 6.45) is 0.518. The fourth-order valence-electron chi connectivity index (χ4n) is 1.24. The second kappa shape index (κ2) is 5.78. The molecule has 0 spiro atoms. The van der Waals surface area contributed by atoms with E-state index in [4.69, 9.17) is 9.84 Å². The molecule has 0 heterocycles. The Morgan fingerprint density at radius 1 is 1.21 bits per heavy atom. The lowest BCUT2D eigenvalue weighted by atomic mass is 10.1. The van der Waals surface area contributed by atoms with Gasteiger partial charge < -0.3 is 9.84 Å². The topological polar surface area (TPSA) is 29.5 Å². The van der Waals surface area contributed by atoms with Gasteiger partial charge in [-0.15, -0.1) is 0 Å². The van der Waals surface area contributed by atoms with E-state index in [1.165, 1.54) is 5.56 Å². The molecule has 0 aliphatic heterocycles. The third kappa shape index (κ3) is 3.90. The van der Waals surface area contributed by atoms with Crippen molar-refractivity contribution in [3.63, 3.8) is 0 Å². The summed E-state index contributed by atoms with van der Waals surface area (Å²) in [7, 11) is 0. The largest absolute Gasteiger partial charge is 0.393 e. The highest BCUT2D eigenvalue weighted by Gasteiger charge is 2.04. The molecule has 0 aliphatic rings. The van der Waals surface area contributed by atoms with Crippen LogP contribution in [0.15, 0.2) is 30.3 Å². The molecule has 0 fully saturated rings. The first-order valence-corrected chi connectivity index (χ1v) is 5.04. The molecule has 2 unspecified atom stereocenters. The van der Waals surface area contributed by atoms with Crippen LogP contribution in [-0.4, -0.2) is 17.8 Å². The lowest BCUT2D eigenvalue weighted by Crippen LogP contribution is -2.08. The molecule has 14 heavy (non-hydrogen) atoms. The van der Waals surface area contributed by atoms with Crippen LogP contribution in [0.3, 0.4) is 0 Å². The van der Waals surface area contributed by atoms with Gasteiger partial charge in [-0.2, -0.15) is 0 Å². The van der Waals surface area contributed by atoms with Crippen LogP contribution in [0.4, 0.5) is 0 Å². The Kier molecular flexibility index (Phi) is 4.63. The summed E-state index contributed by atoms with van der Waals surface area (Å²) < 4.78 is 5.58. The van der Waals surface area contributed by atoms with Gasteiger partial charge in [-0.3, -0.25) is 0 Å². The highest BCUT2D eigenvalue weighted by Crippen LogP contribution is 2.15. The van der Waals surface area contributed by atoms with E-state index in [0.29, 0.717) is 13.0 Å². The Hall–Kier alpha value is -0.860. The van der Waals surface area contributed by atoms with Crippen LogP contribution in [0.2, 0.25) is 0 Å². The zero-order valence-electron chi connectivity index (χ0n) is 8.81. The Labute approximate surface area is 85.5 Å². The molecule has 0 aromatic heterocycles. The molecule has 0 amide bonds. The van der Waals surface area contributed by atoms with Crippen molar-refractivity contribution in [1.29, 1.82) is 0 Å². The van der Waals surface area contributed by atoms with E-state index in [9.17, 15) is 0 Å². The van der Waals surface area contributed by atoms with E-state index < -0.39 is 0 Å². The number of aliphatic hydroxyl groups excluding tert-OH is 1. The van der Waals surface area contributed by atoms with Crippen molar-refractivity contribution in [3.05, 3.63) is 35.9 Å². The van der Waals surface area contributed by atoms with E-state index in [0.717, 1.165) is 0 Å². The first kappa shape index (κ1) is 11.2. The molecule has 0 aliphatic carbocycles. The van der Waals surface area contributed by atoms with Crippen LogP contribution < -0.4 is 0 Å². The Morgan fingerprint density at radius 2 is 1.86 bits per heavy atom. The van der Waals surface area contributed by atoms with Crippen LogP contribution >= 0.6 is 0 Å². The van der Waals surface area contributed by atoms with Gasteiger partial charge in [-0.25, -0.2) is 0 Å². The normalized spacial score (nSPS) is 15.1. The van der Waals surface area contributed by atoms with E-state index in [2.05, 4.69) is 0 Å². The summed E-state index contributed by atoms with van der Waals surface area (Å²) in [6, 6.07) is 10.1. The number of ether oxygens (including phenoxy) is 1. The lowest BCUT2D eigenvalue weighted by molar-refractivity contribution is 0.0409. The molecule has 1 N–H and O–H groups in total. The number of aliphatic hydroxyl groups is 1. The molecule has 0 saturated carbocycles. The summed E-state index contributed by atoms with van der Waals surface area (Å²) in [5.41, 5.74) is 1.18. The summed E-state index contributed by atoms with van der Waals surface area (Å²) in [5.74, 6) is 0. The maximum atomic E-state index is 9.06. The fourth-order valence-corrected chi connectivity index (χ4v) is 1.24. The summed E-state index contributed by atoms with van der Waals surface area (Å²) in [4.78, 5) is 0. The van der Waals surface area contributed by atoms with E-state index in [1.54, 1.807) is 6.92 Å². The molecule has 0 bridgehead atoms. The zero-order valence-corrected chi connectivity index (χ0v) is 8.81. The molecule has 2 nitrogen and oxygen atoms in total. The van der Waals surface area contributed by atoms with Crippen LogP contribution in [0.5, 0.6) is 0 Å². The molecule has 2 atom stereocenters. The van der Waals surface area contributed by atoms with Gasteiger partial charge in [0.2, 0.25) is 0 Å². The van der Waals surface area contributed by atoms with E-state index in [1.807, 2.05) is 37.3 Å². The quantitative estimate of drug-likeness (QED) is 0.780. The maximum absolute atomic E-state index is 9.06. The Bertz CT molecular complexity index is 244. The standard InChI is InChI=1S/C12H18O2/c1-10(13)8-9-14-11(2)12-6-4-3-5-7-12/h3-7,10-11,13H,8-9H2,1-2H3. The minimum absolute atomic E-state index is 0.106. The molecule has 78 valence electrons. The molecular formula is C12H18O2. The van der Waals surface area contributed by atoms with Crippen molar-refractivity contribution >= 4 is 0 Å². The molecule has 1 aromatic carbocycles. The average molecular weight is 194 g/mol. The minimum Gasteiger partial charge on any atom is -0.393 e. The van der Waals surface area contributed by atoms with Gasteiger partial charge in [0.25, 0.3) is 0 Å². The second-order valence-corrected chi connectivity index (χ2v) is 3.56. The number of hydrogen-bond acceptors (Lipinski definition) is 2. The summed E-state index contributed by atoms with van der Waals surface area (Å²) in [6.45, 7) is 4.40. The van der Waals surface area contributed by atoms with Crippen molar-refractivity contribution in [2.24, 2.45) is 0 Å². The van der Waals surface area contributed by atoms with Gasteiger partial charge in [-0.1, -0.05) is 30.3 Å². The predicted molar refractivity (Wildman–Crippen MR) is 57.1 cm³/mol. The lowest BCUT2D eigenvalue weighted by Gasteiger charge is -2.13. The van der Waals surface area contributed by atoms with Crippen molar-refractivity contribution in [1.82, 2.24) is 0 Å². The van der Waals surface area contributed by atoms with Gasteiger partial charge >= 0.3 is 0 Å². The third-order valence-electron chi connectivity index (χ3n) is 2.17. The third-order valence-corrected chi connectivity index (χ3v) is 2.17. The number of benzene rings is 1. The first-order chi connectivity index (χ1) is 6.70.